The minimum atomic E-state index is -0.932. The van der Waals surface area contributed by atoms with E-state index in [0.29, 0.717) is 13.2 Å². The number of rotatable bonds is 15. The topological polar surface area (TPSA) is 78.9 Å². The first-order valence-electron chi connectivity index (χ1n) is 13.5. The molecule has 198 valence electrons. The third kappa shape index (κ3) is 6.87. The number of carbonyl (C=O) groups is 1. The number of benzene rings is 2. The SMILES string of the molecule is CCCN(CCC)c1ccc(C2C([O-])C(c3ccc(N(CCC)CCOCC(C)=O)cc3)C2[O-])cc1. The molecule has 0 bridgehead atoms. The lowest BCUT2D eigenvalue weighted by molar-refractivity contribution is -0.536. The molecule has 2 unspecified atom stereocenters. The van der Waals surface area contributed by atoms with Crippen LogP contribution in [0.5, 0.6) is 0 Å². The summed E-state index contributed by atoms with van der Waals surface area (Å²) < 4.78 is 5.43. The highest BCUT2D eigenvalue weighted by atomic mass is 16.5. The second kappa shape index (κ2) is 13.8. The minimum absolute atomic E-state index is 0.0189. The van der Waals surface area contributed by atoms with Crippen molar-refractivity contribution in [3.63, 3.8) is 0 Å². The van der Waals surface area contributed by atoms with Gasteiger partial charge in [0.05, 0.1) is 6.61 Å². The number of hydrogen-bond acceptors (Lipinski definition) is 6. The number of ether oxygens (including phenoxy) is 1. The second-order valence-corrected chi connectivity index (χ2v) is 9.89. The van der Waals surface area contributed by atoms with Gasteiger partial charge in [-0.05, 0) is 73.4 Å². The van der Waals surface area contributed by atoms with Crippen molar-refractivity contribution < 1.29 is 19.7 Å². The van der Waals surface area contributed by atoms with Gasteiger partial charge in [0.1, 0.15) is 6.61 Å². The molecule has 0 saturated heterocycles. The Hall–Kier alpha value is -2.41. The lowest BCUT2D eigenvalue weighted by Gasteiger charge is -2.61. The lowest BCUT2D eigenvalue weighted by Crippen LogP contribution is -2.63. The van der Waals surface area contributed by atoms with Crippen molar-refractivity contribution in [2.24, 2.45) is 0 Å². The summed E-state index contributed by atoms with van der Waals surface area (Å²) in [5.41, 5.74) is 3.88. The molecule has 0 N–H and O–H groups in total. The van der Waals surface area contributed by atoms with Crippen LogP contribution in [0.1, 0.15) is 69.9 Å². The highest BCUT2D eigenvalue weighted by Gasteiger charge is 2.38. The van der Waals surface area contributed by atoms with Crippen LogP contribution in [0.25, 0.3) is 0 Å². The Morgan fingerprint density at radius 3 is 1.47 bits per heavy atom. The number of Topliss-reactive ketones (excluding diaryl/α,β-unsaturated/α-hetero) is 1. The molecule has 2 aromatic carbocycles. The minimum Gasteiger partial charge on any atom is -0.851 e. The zero-order valence-corrected chi connectivity index (χ0v) is 22.3. The van der Waals surface area contributed by atoms with Crippen LogP contribution < -0.4 is 20.0 Å². The van der Waals surface area contributed by atoms with Crippen molar-refractivity contribution in [1.82, 2.24) is 0 Å². The average molecular weight is 495 g/mol. The maximum absolute atomic E-state index is 13.2. The van der Waals surface area contributed by atoms with E-state index in [1.54, 1.807) is 0 Å². The van der Waals surface area contributed by atoms with Gasteiger partial charge in [0.15, 0.2) is 5.78 Å². The monoisotopic (exact) mass is 494 g/mol. The number of carbonyl (C=O) groups excluding carboxylic acids is 1. The molecule has 2 aromatic rings. The normalized spacial score (nSPS) is 21.2. The van der Waals surface area contributed by atoms with E-state index < -0.39 is 24.0 Å². The largest absolute Gasteiger partial charge is 0.851 e. The number of hydrogen-bond donors (Lipinski definition) is 0. The number of nitrogens with zero attached hydrogens (tertiary/aromatic N) is 2. The zero-order valence-electron chi connectivity index (χ0n) is 22.3. The molecule has 0 heterocycles. The molecular formula is C30H42N2O4-2. The molecule has 0 radical (unpaired) electrons. The molecule has 0 aromatic heterocycles. The molecule has 1 aliphatic carbocycles. The predicted octanol–water partition coefficient (Wildman–Crippen LogP) is 3.47. The van der Waals surface area contributed by atoms with Gasteiger partial charge < -0.3 is 24.7 Å². The molecule has 1 aliphatic rings. The Labute approximate surface area is 216 Å². The smallest absolute Gasteiger partial charge is 0.155 e. The Morgan fingerprint density at radius 1 is 0.722 bits per heavy atom. The summed E-state index contributed by atoms with van der Waals surface area (Å²) >= 11 is 0. The molecule has 0 amide bonds. The fraction of sp³-hybridized carbons (Fsp3) is 0.567. The van der Waals surface area contributed by atoms with Crippen LogP contribution in [0.15, 0.2) is 48.5 Å². The van der Waals surface area contributed by atoms with Gasteiger partial charge in [-0.1, -0.05) is 45.0 Å². The highest BCUT2D eigenvalue weighted by Crippen LogP contribution is 2.45. The highest BCUT2D eigenvalue weighted by molar-refractivity contribution is 5.76. The van der Waals surface area contributed by atoms with E-state index in [0.717, 1.165) is 61.4 Å². The first kappa shape index (κ1) is 28.2. The van der Waals surface area contributed by atoms with Crippen LogP contribution in [0.4, 0.5) is 11.4 Å². The van der Waals surface area contributed by atoms with Gasteiger partial charge in [-0.2, -0.15) is 0 Å². The van der Waals surface area contributed by atoms with Gasteiger partial charge in [0.25, 0.3) is 0 Å². The van der Waals surface area contributed by atoms with Crippen LogP contribution in [-0.4, -0.2) is 57.4 Å². The quantitative estimate of drug-likeness (QED) is 0.353. The standard InChI is InChI=1S/C30H42N2O4/c1-5-16-31(17-6-2)25-12-8-23(9-13-25)27-29(34)28(30(27)35)24-10-14-26(15-11-24)32(18-7-3)19-20-36-21-22(4)33/h8-15,27-30H,5-7,16-21H2,1-4H3/q-2. The van der Waals surface area contributed by atoms with Crippen LogP contribution in [-0.2, 0) is 9.53 Å². The first-order chi connectivity index (χ1) is 17.4. The first-order valence-corrected chi connectivity index (χ1v) is 13.5. The average Bonchev–Trinajstić information content (AvgIpc) is 2.87. The molecule has 36 heavy (non-hydrogen) atoms. The van der Waals surface area contributed by atoms with Crippen LogP contribution in [0, 0.1) is 0 Å². The summed E-state index contributed by atoms with van der Waals surface area (Å²) in [6, 6.07) is 15.9. The van der Waals surface area contributed by atoms with Gasteiger partial charge in [0.2, 0.25) is 0 Å². The van der Waals surface area contributed by atoms with Gasteiger partial charge in [-0.25, -0.2) is 0 Å². The maximum Gasteiger partial charge on any atom is 0.155 e. The predicted molar refractivity (Wildman–Crippen MR) is 143 cm³/mol. The molecule has 1 fully saturated rings. The third-order valence-corrected chi connectivity index (χ3v) is 6.99. The van der Waals surface area contributed by atoms with Crippen LogP contribution in [0.2, 0.25) is 0 Å². The summed E-state index contributed by atoms with van der Waals surface area (Å²) in [7, 11) is 0. The molecule has 6 nitrogen and oxygen atoms in total. The lowest BCUT2D eigenvalue weighted by atomic mass is 9.63. The van der Waals surface area contributed by atoms with Crippen molar-refractivity contribution in [2.75, 3.05) is 49.2 Å². The van der Waals surface area contributed by atoms with E-state index in [-0.39, 0.29) is 12.4 Å². The van der Waals surface area contributed by atoms with Crippen molar-refractivity contribution in [3.05, 3.63) is 59.7 Å². The Kier molecular flexibility index (Phi) is 10.8. The van der Waals surface area contributed by atoms with Crippen molar-refractivity contribution in [2.45, 2.75) is 71.0 Å². The van der Waals surface area contributed by atoms with Gasteiger partial charge in [-0.15, -0.1) is 12.2 Å². The van der Waals surface area contributed by atoms with E-state index in [4.69, 9.17) is 4.74 Å². The zero-order chi connectivity index (χ0) is 26.1. The summed E-state index contributed by atoms with van der Waals surface area (Å²) in [6.45, 7) is 12.2. The van der Waals surface area contributed by atoms with Gasteiger partial charge >= 0.3 is 0 Å². The fourth-order valence-corrected chi connectivity index (χ4v) is 5.19. The van der Waals surface area contributed by atoms with Gasteiger partial charge in [-0.3, -0.25) is 4.79 Å². The maximum atomic E-state index is 13.2. The number of ketones is 1. The van der Waals surface area contributed by atoms with Crippen molar-refractivity contribution in [3.8, 4) is 0 Å². The molecule has 0 aliphatic heterocycles. The van der Waals surface area contributed by atoms with Crippen molar-refractivity contribution >= 4 is 17.2 Å². The molecule has 0 spiro atoms. The summed E-state index contributed by atoms with van der Waals surface area (Å²) in [5.74, 6) is -0.992. The van der Waals surface area contributed by atoms with E-state index in [9.17, 15) is 15.0 Å². The second-order valence-electron chi connectivity index (χ2n) is 9.89. The summed E-state index contributed by atoms with van der Waals surface area (Å²) in [5, 5.41) is 26.3. The van der Waals surface area contributed by atoms with Crippen LogP contribution >= 0.6 is 0 Å². The Bertz CT molecular complexity index is 915. The summed E-state index contributed by atoms with van der Waals surface area (Å²) in [4.78, 5) is 15.6. The molecule has 2 atom stereocenters. The van der Waals surface area contributed by atoms with Gasteiger partial charge in [0, 0.05) is 37.6 Å². The molecule has 3 rings (SSSR count). The summed E-state index contributed by atoms with van der Waals surface area (Å²) in [6.07, 6.45) is 1.29. The Morgan fingerprint density at radius 2 is 1.11 bits per heavy atom. The third-order valence-electron chi connectivity index (χ3n) is 6.99. The van der Waals surface area contributed by atoms with E-state index in [1.807, 2.05) is 36.4 Å². The molecule has 1 saturated carbocycles. The van der Waals surface area contributed by atoms with E-state index in [2.05, 4.69) is 42.7 Å². The Balaban J connectivity index is 1.63. The van der Waals surface area contributed by atoms with E-state index >= 15 is 0 Å². The fourth-order valence-electron chi connectivity index (χ4n) is 5.19. The van der Waals surface area contributed by atoms with Crippen LogP contribution in [0.3, 0.4) is 0 Å². The number of anilines is 2. The van der Waals surface area contributed by atoms with Crippen molar-refractivity contribution in [1.29, 1.82) is 0 Å². The molecule has 6 heteroatoms. The van der Waals surface area contributed by atoms with E-state index in [1.165, 1.54) is 6.92 Å². The molecular weight excluding hydrogens is 452 g/mol.